The molecule has 0 fully saturated rings. The molecule has 0 atom stereocenters. The summed E-state index contributed by atoms with van der Waals surface area (Å²) in [5, 5.41) is 5.15. The Morgan fingerprint density at radius 3 is 2.77 bits per heavy atom. The number of carbonyl (C=O) groups excluding carboxylic acids is 1. The number of ether oxygens (including phenoxy) is 1. The Morgan fingerprint density at radius 2 is 2.05 bits per heavy atom. The number of hydrogen-bond acceptors (Lipinski definition) is 4. The minimum atomic E-state index is -0.451. The number of nitrogens with two attached hydrogens (primary N) is 2. The van der Waals surface area contributed by atoms with Gasteiger partial charge in [0.1, 0.15) is 5.75 Å². The molecular formula is C16H16N4O2. The molecule has 1 aromatic heterocycles. The number of nitrogens with zero attached hydrogens (tertiary/aromatic N) is 2. The standard InChI is InChI=1S/C16H16N4O2/c1-22-13-7-3-6-12-14(13)15(17)19-20(12)9-10-4-2-5-11(8-10)16(18)21/h2-8H,9H2,1H3,(H2,17,19)(H2,18,21). The number of carbonyl (C=O) groups is 1. The van der Waals surface area contributed by atoms with Gasteiger partial charge >= 0.3 is 0 Å². The zero-order valence-electron chi connectivity index (χ0n) is 12.1. The molecule has 22 heavy (non-hydrogen) atoms. The predicted molar refractivity (Wildman–Crippen MR) is 84.8 cm³/mol. The van der Waals surface area contributed by atoms with Gasteiger partial charge in [0.2, 0.25) is 5.91 Å². The van der Waals surface area contributed by atoms with Crippen LogP contribution in [0.15, 0.2) is 42.5 Å². The van der Waals surface area contributed by atoms with Gasteiger partial charge in [-0.1, -0.05) is 18.2 Å². The molecule has 0 radical (unpaired) electrons. The minimum absolute atomic E-state index is 0.415. The van der Waals surface area contributed by atoms with Gasteiger partial charge in [-0.05, 0) is 29.8 Å². The number of methoxy groups -OCH3 is 1. The number of anilines is 1. The van der Waals surface area contributed by atoms with Crippen LogP contribution in [0.5, 0.6) is 5.75 Å². The highest BCUT2D eigenvalue weighted by atomic mass is 16.5. The second-order valence-corrected chi connectivity index (χ2v) is 4.96. The maximum atomic E-state index is 11.3. The highest BCUT2D eigenvalue weighted by Crippen LogP contribution is 2.30. The van der Waals surface area contributed by atoms with E-state index in [9.17, 15) is 4.79 Å². The second-order valence-electron chi connectivity index (χ2n) is 4.96. The number of primary amides is 1. The molecule has 3 rings (SSSR count). The summed E-state index contributed by atoms with van der Waals surface area (Å²) < 4.78 is 7.11. The lowest BCUT2D eigenvalue weighted by Gasteiger charge is -2.06. The zero-order valence-corrected chi connectivity index (χ0v) is 12.1. The number of nitrogen functional groups attached to an aromatic ring is 1. The van der Waals surface area contributed by atoms with E-state index in [1.165, 1.54) is 0 Å². The molecule has 0 aliphatic carbocycles. The highest BCUT2D eigenvalue weighted by Gasteiger charge is 2.13. The molecule has 0 spiro atoms. The van der Waals surface area contributed by atoms with E-state index in [0.29, 0.717) is 23.7 Å². The Bertz CT molecular complexity index is 854. The first-order valence-corrected chi connectivity index (χ1v) is 6.78. The van der Waals surface area contributed by atoms with E-state index in [-0.39, 0.29) is 0 Å². The van der Waals surface area contributed by atoms with Gasteiger partial charge in [-0.2, -0.15) is 5.10 Å². The third kappa shape index (κ3) is 2.35. The number of aromatic nitrogens is 2. The van der Waals surface area contributed by atoms with Gasteiger partial charge in [0, 0.05) is 5.56 Å². The predicted octanol–water partition coefficient (Wildman–Crippen LogP) is 1.77. The number of fused-ring (bicyclic) bond motifs is 1. The van der Waals surface area contributed by atoms with Crippen molar-refractivity contribution in [3.63, 3.8) is 0 Å². The maximum Gasteiger partial charge on any atom is 0.248 e. The zero-order chi connectivity index (χ0) is 15.7. The fourth-order valence-corrected chi connectivity index (χ4v) is 2.51. The van der Waals surface area contributed by atoms with Crippen molar-refractivity contribution in [2.75, 3.05) is 12.8 Å². The van der Waals surface area contributed by atoms with Crippen molar-refractivity contribution in [1.82, 2.24) is 9.78 Å². The van der Waals surface area contributed by atoms with Crippen LogP contribution in [0.2, 0.25) is 0 Å². The van der Waals surface area contributed by atoms with E-state index >= 15 is 0 Å². The first kappa shape index (κ1) is 13.9. The molecule has 1 heterocycles. The molecule has 0 saturated heterocycles. The molecule has 4 N–H and O–H groups in total. The summed E-state index contributed by atoms with van der Waals surface area (Å²) in [7, 11) is 1.60. The molecule has 112 valence electrons. The van der Waals surface area contributed by atoms with Crippen molar-refractivity contribution < 1.29 is 9.53 Å². The van der Waals surface area contributed by atoms with E-state index in [1.807, 2.05) is 24.3 Å². The summed E-state index contributed by atoms with van der Waals surface area (Å²) in [6.45, 7) is 0.488. The van der Waals surface area contributed by atoms with Crippen LogP contribution in [0.3, 0.4) is 0 Å². The second kappa shape index (κ2) is 5.40. The van der Waals surface area contributed by atoms with E-state index < -0.39 is 5.91 Å². The van der Waals surface area contributed by atoms with Crippen molar-refractivity contribution in [3.8, 4) is 5.75 Å². The molecule has 1 amide bonds. The average Bonchev–Trinajstić information content (AvgIpc) is 2.84. The van der Waals surface area contributed by atoms with Gasteiger partial charge in [-0.3, -0.25) is 9.48 Å². The van der Waals surface area contributed by atoms with Gasteiger partial charge < -0.3 is 16.2 Å². The topological polar surface area (TPSA) is 96.2 Å². The van der Waals surface area contributed by atoms with Crippen LogP contribution >= 0.6 is 0 Å². The van der Waals surface area contributed by atoms with Gasteiger partial charge in [-0.25, -0.2) is 0 Å². The van der Waals surface area contributed by atoms with Crippen molar-refractivity contribution in [3.05, 3.63) is 53.6 Å². The van der Waals surface area contributed by atoms with E-state index in [1.54, 1.807) is 30.0 Å². The van der Waals surface area contributed by atoms with E-state index in [4.69, 9.17) is 16.2 Å². The van der Waals surface area contributed by atoms with Crippen LogP contribution < -0.4 is 16.2 Å². The lowest BCUT2D eigenvalue weighted by Crippen LogP contribution is -2.11. The molecular weight excluding hydrogens is 280 g/mol. The third-order valence-electron chi connectivity index (χ3n) is 3.53. The summed E-state index contributed by atoms with van der Waals surface area (Å²) in [6, 6.07) is 12.8. The van der Waals surface area contributed by atoms with Crippen LogP contribution in [0.25, 0.3) is 10.9 Å². The first-order chi connectivity index (χ1) is 10.6. The molecule has 6 nitrogen and oxygen atoms in total. The Morgan fingerprint density at radius 1 is 1.27 bits per heavy atom. The van der Waals surface area contributed by atoms with Gasteiger partial charge in [0.05, 0.1) is 24.6 Å². The van der Waals surface area contributed by atoms with E-state index in [2.05, 4.69) is 5.10 Å². The van der Waals surface area contributed by atoms with Crippen molar-refractivity contribution in [1.29, 1.82) is 0 Å². The number of rotatable bonds is 4. The lowest BCUT2D eigenvalue weighted by molar-refractivity contribution is 0.1000. The fourth-order valence-electron chi connectivity index (χ4n) is 2.51. The third-order valence-corrected chi connectivity index (χ3v) is 3.53. The number of benzene rings is 2. The van der Waals surface area contributed by atoms with E-state index in [0.717, 1.165) is 16.5 Å². The molecule has 0 aliphatic heterocycles. The summed E-state index contributed by atoms with van der Waals surface area (Å²) >= 11 is 0. The van der Waals surface area contributed by atoms with Crippen LogP contribution in [-0.2, 0) is 6.54 Å². The maximum absolute atomic E-state index is 11.3. The van der Waals surface area contributed by atoms with Crippen LogP contribution in [0.4, 0.5) is 5.82 Å². The molecule has 2 aromatic carbocycles. The lowest BCUT2D eigenvalue weighted by atomic mass is 10.1. The fraction of sp³-hybridized carbons (Fsp3) is 0.125. The Hall–Kier alpha value is -3.02. The summed E-state index contributed by atoms with van der Waals surface area (Å²) in [6.07, 6.45) is 0. The summed E-state index contributed by atoms with van der Waals surface area (Å²) in [5.74, 6) is 0.652. The Kier molecular flexibility index (Phi) is 3.42. The van der Waals surface area contributed by atoms with Crippen molar-refractivity contribution >= 4 is 22.6 Å². The van der Waals surface area contributed by atoms with Crippen LogP contribution in [-0.4, -0.2) is 22.8 Å². The molecule has 6 heteroatoms. The van der Waals surface area contributed by atoms with Crippen molar-refractivity contribution in [2.24, 2.45) is 5.73 Å². The van der Waals surface area contributed by atoms with Crippen LogP contribution in [0.1, 0.15) is 15.9 Å². The van der Waals surface area contributed by atoms with Gasteiger partial charge in [-0.15, -0.1) is 0 Å². The molecule has 0 aliphatic rings. The van der Waals surface area contributed by atoms with Gasteiger partial charge in [0.25, 0.3) is 0 Å². The molecule has 0 unspecified atom stereocenters. The first-order valence-electron chi connectivity index (χ1n) is 6.78. The normalized spacial score (nSPS) is 10.8. The number of amides is 1. The monoisotopic (exact) mass is 296 g/mol. The summed E-state index contributed by atoms with van der Waals surface area (Å²) in [4.78, 5) is 11.3. The number of hydrogen-bond donors (Lipinski definition) is 2. The highest BCUT2D eigenvalue weighted by molar-refractivity contribution is 5.95. The smallest absolute Gasteiger partial charge is 0.248 e. The Balaban J connectivity index is 2.05. The minimum Gasteiger partial charge on any atom is -0.496 e. The largest absolute Gasteiger partial charge is 0.496 e. The molecule has 3 aromatic rings. The molecule has 0 bridgehead atoms. The quantitative estimate of drug-likeness (QED) is 0.767. The average molecular weight is 296 g/mol. The van der Waals surface area contributed by atoms with Crippen molar-refractivity contribution in [2.45, 2.75) is 6.54 Å². The Labute approximate surface area is 127 Å². The SMILES string of the molecule is COc1cccc2c1c(N)nn2Cc1cccc(C(N)=O)c1. The summed E-state index contributed by atoms with van der Waals surface area (Å²) in [5.41, 5.74) is 13.6. The van der Waals surface area contributed by atoms with Crippen LogP contribution in [0, 0.1) is 0 Å². The van der Waals surface area contributed by atoms with Gasteiger partial charge in [0.15, 0.2) is 5.82 Å². The molecule has 0 saturated carbocycles.